The molecule has 0 amide bonds. The minimum Gasteiger partial charge on any atom is -0.466 e. The molecule has 1 aliphatic carbocycles. The van der Waals surface area contributed by atoms with Crippen LogP contribution in [0.15, 0.2) is 36.4 Å². The molecule has 1 unspecified atom stereocenters. The van der Waals surface area contributed by atoms with Crippen molar-refractivity contribution in [3.05, 3.63) is 59.2 Å². The van der Waals surface area contributed by atoms with Crippen LogP contribution < -0.4 is 0 Å². The molecule has 1 atom stereocenters. The first-order valence-corrected chi connectivity index (χ1v) is 7.82. The highest BCUT2D eigenvalue weighted by atomic mass is 19.1. The van der Waals surface area contributed by atoms with Crippen molar-refractivity contribution >= 4 is 5.97 Å². The van der Waals surface area contributed by atoms with Crippen LogP contribution in [0.4, 0.5) is 8.78 Å². The van der Waals surface area contributed by atoms with Crippen LogP contribution in [-0.2, 0) is 16.0 Å². The average molecular weight is 316 g/mol. The van der Waals surface area contributed by atoms with Gasteiger partial charge in [-0.05, 0) is 60.6 Å². The van der Waals surface area contributed by atoms with Gasteiger partial charge in [0.25, 0.3) is 0 Å². The number of esters is 1. The van der Waals surface area contributed by atoms with E-state index >= 15 is 0 Å². The topological polar surface area (TPSA) is 26.3 Å². The highest BCUT2D eigenvalue weighted by molar-refractivity contribution is 5.72. The summed E-state index contributed by atoms with van der Waals surface area (Å²) in [4.78, 5) is 11.7. The minimum atomic E-state index is -0.456. The third-order valence-electron chi connectivity index (χ3n) is 4.30. The number of halogens is 2. The summed E-state index contributed by atoms with van der Waals surface area (Å²) in [7, 11) is 0. The Morgan fingerprint density at radius 2 is 2.04 bits per heavy atom. The van der Waals surface area contributed by atoms with Gasteiger partial charge in [0.1, 0.15) is 11.6 Å². The first-order chi connectivity index (χ1) is 11.1. The van der Waals surface area contributed by atoms with E-state index in [-0.39, 0.29) is 17.5 Å². The molecule has 0 radical (unpaired) electrons. The molecule has 0 spiro atoms. The van der Waals surface area contributed by atoms with Crippen molar-refractivity contribution in [3.8, 4) is 11.1 Å². The van der Waals surface area contributed by atoms with Gasteiger partial charge in [-0.1, -0.05) is 18.2 Å². The number of benzene rings is 2. The summed E-state index contributed by atoms with van der Waals surface area (Å²) in [5, 5.41) is 0. The monoisotopic (exact) mass is 316 g/mol. The Labute approximate surface area is 134 Å². The van der Waals surface area contributed by atoms with Gasteiger partial charge >= 0.3 is 5.97 Å². The van der Waals surface area contributed by atoms with Gasteiger partial charge in [-0.3, -0.25) is 4.79 Å². The van der Waals surface area contributed by atoms with Crippen LogP contribution in [0.3, 0.4) is 0 Å². The quantitative estimate of drug-likeness (QED) is 0.770. The fourth-order valence-electron chi connectivity index (χ4n) is 3.23. The highest BCUT2D eigenvalue weighted by Gasteiger charge is 2.25. The van der Waals surface area contributed by atoms with Crippen molar-refractivity contribution in [1.29, 1.82) is 0 Å². The number of ether oxygens (including phenoxy) is 1. The van der Waals surface area contributed by atoms with E-state index in [0.29, 0.717) is 18.6 Å². The Bertz CT molecular complexity index is 740. The highest BCUT2D eigenvalue weighted by Crippen LogP contribution is 2.38. The van der Waals surface area contributed by atoms with E-state index in [4.69, 9.17) is 4.74 Å². The number of carbonyl (C=O) groups excluding carboxylic acids is 1. The van der Waals surface area contributed by atoms with Crippen molar-refractivity contribution in [2.75, 3.05) is 6.61 Å². The first-order valence-electron chi connectivity index (χ1n) is 7.82. The van der Waals surface area contributed by atoms with Crippen LogP contribution in [-0.4, -0.2) is 12.6 Å². The number of hydrogen-bond acceptors (Lipinski definition) is 2. The summed E-state index contributed by atoms with van der Waals surface area (Å²) in [6, 6.07) is 9.08. The molecule has 0 aromatic heterocycles. The normalized spacial score (nSPS) is 16.2. The van der Waals surface area contributed by atoms with E-state index in [1.807, 2.05) is 12.1 Å². The van der Waals surface area contributed by atoms with Crippen molar-refractivity contribution in [3.63, 3.8) is 0 Å². The van der Waals surface area contributed by atoms with Crippen LogP contribution in [0.25, 0.3) is 11.1 Å². The molecule has 1 aliphatic rings. The lowest BCUT2D eigenvalue weighted by Gasteiger charge is -2.12. The van der Waals surface area contributed by atoms with Gasteiger partial charge in [0.05, 0.1) is 13.0 Å². The Hall–Kier alpha value is -2.23. The zero-order valence-electron chi connectivity index (χ0n) is 12.9. The molecule has 0 saturated carbocycles. The summed E-state index contributed by atoms with van der Waals surface area (Å²) >= 11 is 0. The van der Waals surface area contributed by atoms with Crippen molar-refractivity contribution < 1.29 is 18.3 Å². The summed E-state index contributed by atoms with van der Waals surface area (Å²) in [6.45, 7) is 2.18. The fourth-order valence-corrected chi connectivity index (χ4v) is 3.23. The van der Waals surface area contributed by atoms with Crippen molar-refractivity contribution in [1.82, 2.24) is 0 Å². The first kappa shape index (κ1) is 15.7. The van der Waals surface area contributed by atoms with Crippen molar-refractivity contribution in [2.24, 2.45) is 0 Å². The summed E-state index contributed by atoms with van der Waals surface area (Å²) in [6.07, 6.45) is 2.09. The predicted octanol–water partition coefficient (Wildman–Crippen LogP) is 4.61. The van der Waals surface area contributed by atoms with E-state index in [9.17, 15) is 13.6 Å². The van der Waals surface area contributed by atoms with Gasteiger partial charge in [-0.2, -0.15) is 0 Å². The minimum absolute atomic E-state index is 0.149. The molecule has 2 nitrogen and oxygen atoms in total. The summed E-state index contributed by atoms with van der Waals surface area (Å²) in [5.74, 6) is -0.935. The molecule has 0 fully saturated rings. The van der Waals surface area contributed by atoms with E-state index in [0.717, 1.165) is 36.1 Å². The van der Waals surface area contributed by atoms with E-state index < -0.39 is 11.6 Å². The third kappa shape index (κ3) is 3.26. The van der Waals surface area contributed by atoms with E-state index in [1.54, 1.807) is 13.0 Å². The van der Waals surface area contributed by atoms with Gasteiger partial charge in [0.2, 0.25) is 0 Å². The molecule has 0 saturated heterocycles. The fraction of sp³-hybridized carbons (Fsp3) is 0.316. The number of aryl methyl sites for hydroxylation is 1. The second-order valence-corrected chi connectivity index (χ2v) is 5.78. The number of rotatable bonds is 4. The Kier molecular flexibility index (Phi) is 4.42. The molecule has 4 heteroatoms. The molecular formula is C19H18F2O2. The second kappa shape index (κ2) is 6.49. The maximum Gasteiger partial charge on any atom is 0.306 e. The van der Waals surface area contributed by atoms with Gasteiger partial charge in [0.15, 0.2) is 0 Å². The maximum absolute atomic E-state index is 13.9. The van der Waals surface area contributed by atoms with Crippen LogP contribution in [0, 0.1) is 11.6 Å². The number of carbonyl (C=O) groups is 1. The summed E-state index contributed by atoms with van der Waals surface area (Å²) in [5.41, 5.74) is 3.14. The maximum atomic E-state index is 13.9. The SMILES string of the molecule is CCOC(=O)CC1CCc2cc(-c3cc(F)ccc3F)ccc21. The smallest absolute Gasteiger partial charge is 0.306 e. The Morgan fingerprint density at radius 3 is 2.83 bits per heavy atom. The zero-order chi connectivity index (χ0) is 16.4. The molecule has 2 aromatic rings. The Morgan fingerprint density at radius 1 is 1.22 bits per heavy atom. The molecule has 0 N–H and O–H groups in total. The molecule has 23 heavy (non-hydrogen) atoms. The van der Waals surface area contributed by atoms with Crippen LogP contribution in [0.2, 0.25) is 0 Å². The van der Waals surface area contributed by atoms with Crippen LogP contribution in [0.5, 0.6) is 0 Å². The van der Waals surface area contributed by atoms with E-state index in [1.165, 1.54) is 6.07 Å². The Balaban J connectivity index is 1.87. The second-order valence-electron chi connectivity index (χ2n) is 5.78. The van der Waals surface area contributed by atoms with Crippen LogP contribution >= 0.6 is 0 Å². The largest absolute Gasteiger partial charge is 0.466 e. The lowest BCUT2D eigenvalue weighted by molar-refractivity contribution is -0.143. The molecule has 2 aromatic carbocycles. The zero-order valence-corrected chi connectivity index (χ0v) is 12.9. The molecule has 0 aliphatic heterocycles. The van der Waals surface area contributed by atoms with E-state index in [2.05, 4.69) is 0 Å². The standard InChI is InChI=1S/C19H18F2O2/c1-2-23-19(22)10-14-4-3-12-9-13(5-7-16(12)14)17-11-15(20)6-8-18(17)21/h5-9,11,14H,2-4,10H2,1H3. The van der Waals surface area contributed by atoms with Gasteiger partial charge in [-0.15, -0.1) is 0 Å². The molecule has 0 heterocycles. The van der Waals surface area contributed by atoms with Crippen LogP contribution in [0.1, 0.15) is 36.8 Å². The predicted molar refractivity (Wildman–Crippen MR) is 84.1 cm³/mol. The third-order valence-corrected chi connectivity index (χ3v) is 4.30. The molecule has 3 rings (SSSR count). The number of fused-ring (bicyclic) bond motifs is 1. The lowest BCUT2D eigenvalue weighted by atomic mass is 9.95. The number of hydrogen-bond donors (Lipinski definition) is 0. The molecule has 0 bridgehead atoms. The van der Waals surface area contributed by atoms with Crippen molar-refractivity contribution in [2.45, 2.75) is 32.1 Å². The average Bonchev–Trinajstić information content (AvgIpc) is 2.92. The summed E-state index contributed by atoms with van der Waals surface area (Å²) < 4.78 is 32.3. The van der Waals surface area contributed by atoms with Gasteiger partial charge in [-0.25, -0.2) is 8.78 Å². The molecule has 120 valence electrons. The molecular weight excluding hydrogens is 298 g/mol. The van der Waals surface area contributed by atoms with Gasteiger partial charge in [0, 0.05) is 5.56 Å². The lowest BCUT2D eigenvalue weighted by Crippen LogP contribution is -2.08. The van der Waals surface area contributed by atoms with Gasteiger partial charge < -0.3 is 4.74 Å².